The first-order chi connectivity index (χ1) is 10.3. The summed E-state index contributed by atoms with van der Waals surface area (Å²) < 4.78 is 6.81. The van der Waals surface area contributed by atoms with Crippen molar-refractivity contribution in [1.29, 1.82) is 0 Å². The molecule has 0 saturated carbocycles. The van der Waals surface area contributed by atoms with Gasteiger partial charge in [-0.3, -0.25) is 4.98 Å². The van der Waals surface area contributed by atoms with Crippen molar-refractivity contribution >= 4 is 0 Å². The molecule has 0 bridgehead atoms. The second kappa shape index (κ2) is 5.72. The molecule has 0 amide bonds. The van der Waals surface area contributed by atoms with Crippen molar-refractivity contribution in [2.45, 2.75) is 6.10 Å². The minimum Gasteiger partial charge on any atom is -0.480 e. The number of hydrogen-bond acceptors (Lipinski definition) is 5. The molecule has 0 saturated heterocycles. The molecular formula is C15H14N4O2. The molecular weight excluding hydrogens is 268 g/mol. The first-order valence-corrected chi connectivity index (χ1v) is 6.43. The van der Waals surface area contributed by atoms with Crippen LogP contribution in [0.2, 0.25) is 0 Å². The zero-order valence-electron chi connectivity index (χ0n) is 11.4. The fourth-order valence-corrected chi connectivity index (χ4v) is 2.03. The normalized spacial score (nSPS) is 12.1. The van der Waals surface area contributed by atoms with Gasteiger partial charge >= 0.3 is 0 Å². The number of aromatic nitrogens is 4. The van der Waals surface area contributed by atoms with Crippen LogP contribution >= 0.6 is 0 Å². The lowest BCUT2D eigenvalue weighted by atomic mass is 10.2. The molecule has 1 atom stereocenters. The van der Waals surface area contributed by atoms with Gasteiger partial charge < -0.3 is 9.84 Å². The molecule has 1 N–H and O–H groups in total. The molecule has 0 radical (unpaired) electrons. The van der Waals surface area contributed by atoms with E-state index in [-0.39, 0.29) is 0 Å². The van der Waals surface area contributed by atoms with Crippen LogP contribution in [0.25, 0.3) is 5.69 Å². The highest BCUT2D eigenvalue weighted by Crippen LogP contribution is 2.25. The van der Waals surface area contributed by atoms with Crippen molar-refractivity contribution in [2.24, 2.45) is 0 Å². The second-order valence-corrected chi connectivity index (χ2v) is 4.37. The van der Waals surface area contributed by atoms with E-state index in [1.807, 2.05) is 30.3 Å². The number of aliphatic hydroxyl groups excluding tert-OH is 1. The molecule has 1 aromatic carbocycles. The average molecular weight is 282 g/mol. The number of hydrogen-bond donors (Lipinski definition) is 1. The van der Waals surface area contributed by atoms with E-state index < -0.39 is 6.10 Å². The molecule has 0 aliphatic rings. The van der Waals surface area contributed by atoms with Crippen molar-refractivity contribution in [2.75, 3.05) is 7.11 Å². The van der Waals surface area contributed by atoms with Crippen molar-refractivity contribution in [3.05, 3.63) is 66.4 Å². The van der Waals surface area contributed by atoms with E-state index in [9.17, 15) is 5.11 Å². The Morgan fingerprint density at radius 1 is 1.10 bits per heavy atom. The van der Waals surface area contributed by atoms with Crippen molar-refractivity contribution in [3.8, 4) is 11.6 Å². The van der Waals surface area contributed by atoms with Crippen molar-refractivity contribution < 1.29 is 9.84 Å². The summed E-state index contributed by atoms with van der Waals surface area (Å²) in [7, 11) is 1.49. The Balaban J connectivity index is 1.93. The quantitative estimate of drug-likeness (QED) is 0.789. The largest absolute Gasteiger partial charge is 0.480 e. The van der Waals surface area contributed by atoms with Gasteiger partial charge in [0.2, 0.25) is 5.88 Å². The minimum atomic E-state index is -0.987. The number of methoxy groups -OCH3 is 1. The standard InChI is InChI=1S/C15H14N4O2/c1-21-15-13(16-8-9-17-15)14(20)12-7-10-19(18-12)11-5-3-2-4-6-11/h2-10,14,20H,1H3. The number of benzene rings is 1. The molecule has 6 nitrogen and oxygen atoms in total. The summed E-state index contributed by atoms with van der Waals surface area (Å²) >= 11 is 0. The first-order valence-electron chi connectivity index (χ1n) is 6.43. The van der Waals surface area contributed by atoms with E-state index in [4.69, 9.17) is 4.74 Å². The van der Waals surface area contributed by atoms with Crippen LogP contribution in [-0.4, -0.2) is 32.0 Å². The number of rotatable bonds is 4. The summed E-state index contributed by atoms with van der Waals surface area (Å²) in [4.78, 5) is 8.15. The Kier molecular flexibility index (Phi) is 3.61. The predicted octanol–water partition coefficient (Wildman–Crippen LogP) is 1.75. The molecule has 2 aromatic heterocycles. The lowest BCUT2D eigenvalue weighted by Crippen LogP contribution is -2.07. The molecule has 2 heterocycles. The van der Waals surface area contributed by atoms with E-state index in [2.05, 4.69) is 15.1 Å². The molecule has 0 fully saturated rings. The van der Waals surface area contributed by atoms with Gasteiger partial charge in [0, 0.05) is 18.6 Å². The Hall–Kier alpha value is -2.73. The van der Waals surface area contributed by atoms with E-state index in [0.29, 0.717) is 17.3 Å². The zero-order valence-corrected chi connectivity index (χ0v) is 11.4. The van der Waals surface area contributed by atoms with Crippen LogP contribution in [0.3, 0.4) is 0 Å². The molecule has 3 aromatic rings. The summed E-state index contributed by atoms with van der Waals surface area (Å²) in [6, 6.07) is 11.4. The molecule has 0 spiro atoms. The summed E-state index contributed by atoms with van der Waals surface area (Å²) in [5.74, 6) is 0.291. The van der Waals surface area contributed by atoms with Gasteiger partial charge in [-0.25, -0.2) is 9.67 Å². The topological polar surface area (TPSA) is 73.1 Å². The third-order valence-electron chi connectivity index (χ3n) is 3.05. The van der Waals surface area contributed by atoms with Crippen LogP contribution in [0.4, 0.5) is 0 Å². The van der Waals surface area contributed by atoms with Crippen LogP contribution in [0.5, 0.6) is 5.88 Å². The maximum absolute atomic E-state index is 10.4. The second-order valence-electron chi connectivity index (χ2n) is 4.37. The predicted molar refractivity (Wildman–Crippen MR) is 76.2 cm³/mol. The highest BCUT2D eigenvalue weighted by atomic mass is 16.5. The maximum atomic E-state index is 10.4. The number of nitrogens with zero attached hydrogens (tertiary/aromatic N) is 4. The lowest BCUT2D eigenvalue weighted by Gasteiger charge is -2.10. The molecule has 21 heavy (non-hydrogen) atoms. The van der Waals surface area contributed by atoms with Gasteiger partial charge in [-0.2, -0.15) is 5.10 Å². The fraction of sp³-hybridized carbons (Fsp3) is 0.133. The van der Waals surface area contributed by atoms with Crippen LogP contribution in [0.15, 0.2) is 55.0 Å². The molecule has 6 heteroatoms. The van der Waals surface area contributed by atoms with Crippen molar-refractivity contribution in [1.82, 2.24) is 19.7 Å². The monoisotopic (exact) mass is 282 g/mol. The minimum absolute atomic E-state index is 0.291. The molecule has 0 aliphatic carbocycles. The molecule has 0 aliphatic heterocycles. The SMILES string of the molecule is COc1nccnc1C(O)c1ccn(-c2ccccc2)n1. The Labute approximate surface area is 121 Å². The fourth-order valence-electron chi connectivity index (χ4n) is 2.03. The summed E-state index contributed by atoms with van der Waals surface area (Å²) in [6.45, 7) is 0. The highest BCUT2D eigenvalue weighted by molar-refractivity contribution is 5.32. The van der Waals surface area contributed by atoms with Gasteiger partial charge in [-0.05, 0) is 18.2 Å². The van der Waals surface area contributed by atoms with E-state index >= 15 is 0 Å². The number of aliphatic hydroxyl groups is 1. The smallest absolute Gasteiger partial charge is 0.238 e. The Bertz CT molecular complexity index is 727. The van der Waals surface area contributed by atoms with Gasteiger partial charge in [-0.1, -0.05) is 18.2 Å². The summed E-state index contributed by atoms with van der Waals surface area (Å²) in [5, 5.41) is 14.8. The number of ether oxygens (including phenoxy) is 1. The van der Waals surface area contributed by atoms with Crippen LogP contribution < -0.4 is 4.74 Å². The first kappa shape index (κ1) is 13.3. The van der Waals surface area contributed by atoms with E-state index in [1.54, 1.807) is 16.9 Å². The third kappa shape index (κ3) is 2.61. The molecule has 1 unspecified atom stereocenters. The lowest BCUT2D eigenvalue weighted by molar-refractivity contribution is 0.202. The average Bonchev–Trinajstić information content (AvgIpc) is 3.05. The molecule has 106 valence electrons. The van der Waals surface area contributed by atoms with Gasteiger partial charge in [0.05, 0.1) is 18.5 Å². The van der Waals surface area contributed by atoms with Gasteiger partial charge in [0.15, 0.2) is 0 Å². The highest BCUT2D eigenvalue weighted by Gasteiger charge is 2.20. The van der Waals surface area contributed by atoms with Gasteiger partial charge in [-0.15, -0.1) is 0 Å². The van der Waals surface area contributed by atoms with Gasteiger partial charge in [0.1, 0.15) is 11.8 Å². The van der Waals surface area contributed by atoms with Crippen LogP contribution in [-0.2, 0) is 0 Å². The van der Waals surface area contributed by atoms with E-state index in [1.165, 1.54) is 19.5 Å². The molecule has 3 rings (SSSR count). The van der Waals surface area contributed by atoms with Gasteiger partial charge in [0.25, 0.3) is 0 Å². The Morgan fingerprint density at radius 2 is 1.86 bits per heavy atom. The van der Waals surface area contributed by atoms with Crippen LogP contribution in [0.1, 0.15) is 17.5 Å². The van der Waals surface area contributed by atoms with Crippen LogP contribution in [0, 0.1) is 0 Å². The van der Waals surface area contributed by atoms with E-state index in [0.717, 1.165) is 5.69 Å². The summed E-state index contributed by atoms with van der Waals surface area (Å²) in [5.41, 5.74) is 1.75. The summed E-state index contributed by atoms with van der Waals surface area (Å²) in [6.07, 6.45) is 3.82. The number of para-hydroxylation sites is 1. The zero-order chi connectivity index (χ0) is 14.7. The van der Waals surface area contributed by atoms with Crippen molar-refractivity contribution in [3.63, 3.8) is 0 Å². The Morgan fingerprint density at radius 3 is 2.62 bits per heavy atom. The third-order valence-corrected chi connectivity index (χ3v) is 3.05. The maximum Gasteiger partial charge on any atom is 0.238 e.